The Morgan fingerprint density at radius 3 is 1.14 bits per heavy atom. The molecule has 4 nitrogen and oxygen atoms in total. The number of nitrogens with zero attached hydrogens (tertiary/aromatic N) is 4. The number of para-hydroxylation sites is 2. The average Bonchev–Trinajstić information content (AvgIpc) is 4.14. The molecule has 0 unspecified atom stereocenters. The second-order valence-electron chi connectivity index (χ2n) is 16.8. The molecule has 0 saturated heterocycles. The standard InChI is InChI=1S/C60H34N4/c1-4-15-35(16-5-1)38-23-14-24-45(53-39(36-17-6-2-7-18-36)27-31-48-55(53)57-50(61-48)33-29-43-41-21-10-12-25-46(41)63-59(43)57)52(38)54-40(37-19-8-3-9-20-37)28-32-49-56(54)58-51(62-49)34-30-44-42-22-11-13-26-47(42)64-60(44)58/h1-34H. The molecule has 0 spiro atoms. The van der Waals surface area contributed by atoms with Gasteiger partial charge in [0.25, 0.3) is 0 Å². The lowest BCUT2D eigenvalue weighted by atomic mass is 9.77. The first kappa shape index (κ1) is 35.0. The van der Waals surface area contributed by atoms with E-state index in [9.17, 15) is 0 Å². The van der Waals surface area contributed by atoms with Gasteiger partial charge in [0.1, 0.15) is 0 Å². The molecule has 0 fully saturated rings. The molecule has 0 aliphatic carbocycles. The summed E-state index contributed by atoms with van der Waals surface area (Å²) in [4.78, 5) is 21.5. The van der Waals surface area contributed by atoms with Crippen molar-refractivity contribution in [3.8, 4) is 77.9 Å². The van der Waals surface area contributed by atoms with Crippen molar-refractivity contribution >= 4 is 22.7 Å². The molecular formula is C60H34N4. The molecule has 0 atom stereocenters. The Labute approximate surface area is 367 Å². The summed E-state index contributed by atoms with van der Waals surface area (Å²) < 4.78 is 0. The minimum atomic E-state index is 0.936. The molecule has 4 aliphatic rings. The van der Waals surface area contributed by atoms with Gasteiger partial charge >= 0.3 is 0 Å². The Morgan fingerprint density at radius 1 is 0.203 bits per heavy atom. The summed E-state index contributed by atoms with van der Waals surface area (Å²) in [6.45, 7) is 0. The molecule has 4 heterocycles. The molecule has 0 N–H and O–H groups in total. The van der Waals surface area contributed by atoms with Gasteiger partial charge in [0.15, 0.2) is 0 Å². The van der Waals surface area contributed by atoms with Gasteiger partial charge in [-0.1, -0.05) is 158 Å². The van der Waals surface area contributed by atoms with Crippen molar-refractivity contribution < 1.29 is 0 Å². The van der Waals surface area contributed by atoms with E-state index in [2.05, 4.69) is 206 Å². The zero-order valence-corrected chi connectivity index (χ0v) is 34.4. The molecule has 4 aliphatic heterocycles. The third-order valence-corrected chi connectivity index (χ3v) is 13.4. The van der Waals surface area contributed by atoms with Crippen LogP contribution in [0.2, 0.25) is 0 Å². The average molecular weight is 811 g/mol. The molecule has 0 amide bonds. The lowest BCUT2D eigenvalue weighted by Crippen LogP contribution is -2.03. The Morgan fingerprint density at radius 2 is 0.625 bits per heavy atom. The summed E-state index contributed by atoms with van der Waals surface area (Å²) in [5, 5.41) is 8.41. The van der Waals surface area contributed by atoms with Gasteiger partial charge in [-0.2, -0.15) is 0 Å². The number of fused-ring (bicyclic) bond motifs is 12. The highest BCUT2D eigenvalue weighted by Crippen LogP contribution is 2.57. The third-order valence-electron chi connectivity index (χ3n) is 13.4. The van der Waals surface area contributed by atoms with E-state index < -0.39 is 0 Å². The van der Waals surface area contributed by atoms with Gasteiger partial charge < -0.3 is 0 Å². The smallest absolute Gasteiger partial charge is 0.0817 e. The zero-order chi connectivity index (χ0) is 41.9. The van der Waals surface area contributed by atoms with Crippen LogP contribution >= 0.6 is 0 Å². The van der Waals surface area contributed by atoms with E-state index in [1.54, 1.807) is 0 Å². The summed E-state index contributed by atoms with van der Waals surface area (Å²) in [6.07, 6.45) is 0. The Bertz CT molecular complexity index is 4170. The predicted octanol–water partition coefficient (Wildman–Crippen LogP) is 13.0. The number of hydrogen-bond acceptors (Lipinski definition) is 4. The van der Waals surface area contributed by atoms with E-state index in [1.165, 1.54) is 0 Å². The minimum Gasteiger partial charge on any atom is -0.248 e. The van der Waals surface area contributed by atoms with Crippen LogP contribution in [0.3, 0.4) is 0 Å². The predicted molar refractivity (Wildman–Crippen MR) is 256 cm³/mol. The maximum absolute atomic E-state index is 5.41. The van der Waals surface area contributed by atoms with Crippen LogP contribution in [0.5, 0.6) is 0 Å². The van der Waals surface area contributed by atoms with Gasteiger partial charge in [-0.3, -0.25) is 0 Å². The van der Waals surface area contributed by atoms with Gasteiger partial charge in [0, 0.05) is 54.3 Å². The fourth-order valence-electron chi connectivity index (χ4n) is 10.6. The second-order valence-corrected chi connectivity index (χ2v) is 16.8. The fourth-order valence-corrected chi connectivity index (χ4v) is 10.6. The monoisotopic (exact) mass is 810 g/mol. The molecule has 64 heavy (non-hydrogen) atoms. The first-order valence-corrected chi connectivity index (χ1v) is 21.8. The van der Waals surface area contributed by atoms with Crippen molar-refractivity contribution in [2.45, 2.75) is 0 Å². The highest BCUT2D eigenvalue weighted by atomic mass is 14.8. The Hall–Kier alpha value is -8.60. The van der Waals surface area contributed by atoms with Crippen LogP contribution in [-0.4, -0.2) is 0 Å². The van der Waals surface area contributed by atoms with Crippen molar-refractivity contribution in [1.29, 1.82) is 0 Å². The number of hydrogen-bond donors (Lipinski definition) is 0. The summed E-state index contributed by atoms with van der Waals surface area (Å²) >= 11 is 0. The first-order valence-electron chi connectivity index (χ1n) is 21.8. The molecule has 0 radical (unpaired) electrons. The molecule has 0 saturated carbocycles. The van der Waals surface area contributed by atoms with Crippen LogP contribution in [0.1, 0.15) is 0 Å². The van der Waals surface area contributed by atoms with Crippen LogP contribution in [-0.2, 0) is 0 Å². The summed E-state index contributed by atoms with van der Waals surface area (Å²) in [5.74, 6) is 0. The summed E-state index contributed by atoms with van der Waals surface area (Å²) in [6, 6.07) is 73.9. The fraction of sp³-hybridized carbons (Fsp3) is 0. The van der Waals surface area contributed by atoms with Crippen molar-refractivity contribution in [3.63, 3.8) is 0 Å². The number of rotatable bonds is 5. The highest BCUT2D eigenvalue weighted by molar-refractivity contribution is 6.14. The SMILES string of the molecule is c1ccc(-c2cccc(-c3c(-c4ccccc4)ccc4c3-c3c5c(ccc3=N4)=c3ccccc3=N5)c2-c2c(-c3ccccc3)ccc3c2-c2c4c(ccc2=N3)=c2ccccc2=N4)cc1. The molecule has 10 aromatic rings. The van der Waals surface area contributed by atoms with E-state index >= 15 is 0 Å². The lowest BCUT2D eigenvalue weighted by molar-refractivity contribution is 1.36. The van der Waals surface area contributed by atoms with E-state index in [0.29, 0.717) is 0 Å². The molecule has 294 valence electrons. The van der Waals surface area contributed by atoms with Gasteiger partial charge in [-0.15, -0.1) is 0 Å². The van der Waals surface area contributed by atoms with Crippen molar-refractivity contribution in [2.75, 3.05) is 0 Å². The highest BCUT2D eigenvalue weighted by Gasteiger charge is 2.33. The maximum atomic E-state index is 5.41. The summed E-state index contributed by atoms with van der Waals surface area (Å²) in [5.41, 5.74) is 19.5. The van der Waals surface area contributed by atoms with Crippen LogP contribution in [0.4, 0.5) is 22.7 Å². The normalized spacial score (nSPS) is 12.6. The largest absolute Gasteiger partial charge is 0.248 e. The zero-order valence-electron chi connectivity index (χ0n) is 34.4. The molecule has 4 heteroatoms. The third kappa shape index (κ3) is 4.99. The van der Waals surface area contributed by atoms with Crippen molar-refractivity contribution in [2.24, 2.45) is 20.0 Å². The lowest BCUT2D eigenvalue weighted by Gasteiger charge is -2.25. The number of benzene rings is 10. The molecule has 0 aromatic heterocycles. The van der Waals surface area contributed by atoms with Crippen LogP contribution < -0.4 is 21.4 Å². The van der Waals surface area contributed by atoms with Crippen LogP contribution in [0, 0.1) is 20.9 Å². The van der Waals surface area contributed by atoms with Crippen LogP contribution in [0.15, 0.2) is 226 Å². The van der Waals surface area contributed by atoms with Gasteiger partial charge in [-0.05, 0) is 93.0 Å². The first-order chi connectivity index (χ1) is 31.8. The maximum Gasteiger partial charge on any atom is 0.0817 e. The molecule has 14 rings (SSSR count). The molecular weight excluding hydrogens is 777 g/mol. The quantitative estimate of drug-likeness (QED) is 0.166. The molecule has 0 bridgehead atoms. The van der Waals surface area contributed by atoms with Crippen LogP contribution in [0.25, 0.3) is 77.9 Å². The van der Waals surface area contributed by atoms with E-state index in [4.69, 9.17) is 20.0 Å². The van der Waals surface area contributed by atoms with E-state index in [-0.39, 0.29) is 0 Å². The van der Waals surface area contributed by atoms with Gasteiger partial charge in [0.05, 0.1) is 44.2 Å². The minimum absolute atomic E-state index is 0.936. The van der Waals surface area contributed by atoms with Gasteiger partial charge in [-0.25, -0.2) is 20.0 Å². The second kappa shape index (κ2) is 13.4. The van der Waals surface area contributed by atoms with Crippen molar-refractivity contribution in [1.82, 2.24) is 0 Å². The van der Waals surface area contributed by atoms with E-state index in [0.717, 1.165) is 143 Å². The van der Waals surface area contributed by atoms with Gasteiger partial charge in [0.2, 0.25) is 0 Å². The Kier molecular flexibility index (Phi) is 7.36. The van der Waals surface area contributed by atoms with E-state index in [1.807, 2.05) is 0 Å². The molecule has 10 aromatic carbocycles. The topological polar surface area (TPSA) is 49.4 Å². The van der Waals surface area contributed by atoms with Crippen molar-refractivity contribution in [3.05, 3.63) is 249 Å². The Balaban J connectivity index is 1.17. The summed E-state index contributed by atoms with van der Waals surface area (Å²) in [7, 11) is 0.